The van der Waals surface area contributed by atoms with Gasteiger partial charge < -0.3 is 9.80 Å². The Hall–Kier alpha value is -1.60. The summed E-state index contributed by atoms with van der Waals surface area (Å²) in [5, 5.41) is 9.43. The maximum Gasteiger partial charge on any atom is 0.225 e. The molecule has 1 saturated carbocycles. The van der Waals surface area contributed by atoms with Gasteiger partial charge in [-0.1, -0.05) is 24.1 Å². The summed E-state index contributed by atoms with van der Waals surface area (Å²) in [6.45, 7) is 6.87. The molecule has 2 unspecified atom stereocenters. The quantitative estimate of drug-likeness (QED) is 0.627. The Bertz CT molecular complexity index is 839. The smallest absolute Gasteiger partial charge is 0.225 e. The van der Waals surface area contributed by atoms with E-state index in [-0.39, 0.29) is 12.0 Å². The van der Waals surface area contributed by atoms with Crippen LogP contribution in [-0.4, -0.2) is 76.7 Å². The zero-order valence-electron chi connectivity index (χ0n) is 18.9. The number of hydrogen-bond donors (Lipinski definition) is 0. The predicted molar refractivity (Wildman–Crippen MR) is 128 cm³/mol. The maximum absolute atomic E-state index is 13.0. The summed E-state index contributed by atoms with van der Waals surface area (Å²) in [7, 11) is 2.14. The number of thioether (sulfide) groups is 1. The normalized spacial score (nSPS) is 32.1. The average molecular weight is 442 g/mol. The van der Waals surface area contributed by atoms with Crippen LogP contribution in [0.1, 0.15) is 51.9 Å². The number of likely N-dealkylation sites (N-methyl/N-ethyl adjacent to an activating group) is 1. The van der Waals surface area contributed by atoms with Crippen molar-refractivity contribution in [1.82, 2.24) is 14.8 Å². The van der Waals surface area contributed by atoms with Crippen molar-refractivity contribution in [2.75, 3.05) is 39.8 Å². The molecule has 6 nitrogen and oxygen atoms in total. The molecule has 3 heterocycles. The standard InChI is InChI=1S/C24H35N5OS/c1-17-6-8-18(9-7-17)21-16-29-24(25-21)31-22(26-29)19-4-3-5-20(11-10-19)23(30)28-14-12-27(2)13-15-28/h6,8,19-21H,3-5,7,9-16H2,1-2H3/t19-,20?,21?/m1/s1. The van der Waals surface area contributed by atoms with Crippen molar-refractivity contribution in [3.05, 3.63) is 23.3 Å². The van der Waals surface area contributed by atoms with Crippen molar-refractivity contribution in [1.29, 1.82) is 0 Å². The summed E-state index contributed by atoms with van der Waals surface area (Å²) in [6.07, 6.45) is 12.2. The van der Waals surface area contributed by atoms with Crippen molar-refractivity contribution >= 4 is 27.9 Å². The van der Waals surface area contributed by atoms with E-state index in [0.29, 0.717) is 11.8 Å². The molecule has 0 bridgehead atoms. The lowest BCUT2D eigenvalue weighted by Crippen LogP contribution is -2.49. The Morgan fingerprint density at radius 1 is 1.06 bits per heavy atom. The minimum Gasteiger partial charge on any atom is -0.340 e. The zero-order valence-corrected chi connectivity index (χ0v) is 19.7. The summed E-state index contributed by atoms with van der Waals surface area (Å²) >= 11 is 1.79. The monoisotopic (exact) mass is 441 g/mol. The molecule has 1 saturated heterocycles. The van der Waals surface area contributed by atoms with Gasteiger partial charge in [0.1, 0.15) is 5.04 Å². The summed E-state index contributed by atoms with van der Waals surface area (Å²) in [5.41, 5.74) is 2.91. The van der Waals surface area contributed by atoms with Gasteiger partial charge in [-0.05, 0) is 69.8 Å². The number of amides is 1. The lowest BCUT2D eigenvalue weighted by molar-refractivity contribution is -0.137. The molecule has 168 valence electrons. The molecule has 0 radical (unpaired) electrons. The molecule has 3 aliphatic heterocycles. The Morgan fingerprint density at radius 3 is 2.65 bits per heavy atom. The molecule has 3 atom stereocenters. The van der Waals surface area contributed by atoms with E-state index in [4.69, 9.17) is 10.1 Å². The average Bonchev–Trinajstić information content (AvgIpc) is 3.25. The van der Waals surface area contributed by atoms with Gasteiger partial charge in [-0.15, -0.1) is 0 Å². The number of hydrazone groups is 1. The lowest BCUT2D eigenvalue weighted by Gasteiger charge is -2.34. The fourth-order valence-electron chi connectivity index (χ4n) is 5.36. The van der Waals surface area contributed by atoms with Crippen LogP contribution in [0.15, 0.2) is 33.4 Å². The third-order valence-corrected chi connectivity index (χ3v) is 8.67. The summed E-state index contributed by atoms with van der Waals surface area (Å²) in [6, 6.07) is 0.275. The second-order valence-corrected chi connectivity index (χ2v) is 10.8. The number of rotatable bonds is 3. The second kappa shape index (κ2) is 9.10. The van der Waals surface area contributed by atoms with Gasteiger partial charge in [0.05, 0.1) is 12.6 Å². The van der Waals surface area contributed by atoms with Crippen LogP contribution in [0, 0.1) is 11.8 Å². The number of amidine groups is 1. The summed E-state index contributed by atoms with van der Waals surface area (Å²) in [4.78, 5) is 22.5. The molecular formula is C24H35N5OS. The fraction of sp³-hybridized carbons (Fsp3) is 0.708. The molecular weight excluding hydrogens is 406 g/mol. The molecule has 0 aromatic heterocycles. The number of allylic oxidation sites excluding steroid dienone is 3. The lowest BCUT2D eigenvalue weighted by atomic mass is 9.94. The maximum atomic E-state index is 13.0. The van der Waals surface area contributed by atoms with Crippen LogP contribution in [-0.2, 0) is 4.79 Å². The van der Waals surface area contributed by atoms with Crippen molar-refractivity contribution in [2.24, 2.45) is 21.9 Å². The third-order valence-electron chi connectivity index (χ3n) is 7.55. The van der Waals surface area contributed by atoms with E-state index >= 15 is 0 Å². The highest BCUT2D eigenvalue weighted by molar-refractivity contribution is 8.26. The molecule has 0 N–H and O–H groups in total. The van der Waals surface area contributed by atoms with Crippen molar-refractivity contribution in [2.45, 2.75) is 57.9 Å². The molecule has 1 amide bonds. The van der Waals surface area contributed by atoms with Gasteiger partial charge in [-0.25, -0.2) is 5.01 Å². The van der Waals surface area contributed by atoms with Crippen molar-refractivity contribution in [3.63, 3.8) is 0 Å². The number of carbonyl (C=O) groups is 1. The fourth-order valence-corrected chi connectivity index (χ4v) is 6.49. The van der Waals surface area contributed by atoms with Gasteiger partial charge in [0.2, 0.25) is 5.91 Å². The van der Waals surface area contributed by atoms with Gasteiger partial charge in [-0.2, -0.15) is 5.10 Å². The molecule has 31 heavy (non-hydrogen) atoms. The first-order chi connectivity index (χ1) is 15.1. The van der Waals surface area contributed by atoms with Crippen molar-refractivity contribution in [3.8, 4) is 0 Å². The first-order valence-electron chi connectivity index (χ1n) is 12.0. The number of nitrogens with zero attached hydrogens (tertiary/aromatic N) is 5. The van der Waals surface area contributed by atoms with Crippen LogP contribution in [0.4, 0.5) is 0 Å². The van der Waals surface area contributed by atoms with E-state index in [0.717, 1.165) is 82.8 Å². The number of fused-ring (bicyclic) bond motifs is 1. The molecule has 2 aliphatic carbocycles. The van der Waals surface area contributed by atoms with Gasteiger partial charge in [-0.3, -0.25) is 9.79 Å². The minimum absolute atomic E-state index is 0.205. The Labute approximate surface area is 190 Å². The highest BCUT2D eigenvalue weighted by Crippen LogP contribution is 2.38. The molecule has 0 aromatic rings. The third kappa shape index (κ3) is 4.63. The number of carbonyl (C=O) groups excluding carboxylic acids is 1. The zero-order chi connectivity index (χ0) is 21.4. The summed E-state index contributed by atoms with van der Waals surface area (Å²) < 4.78 is 0. The summed E-state index contributed by atoms with van der Waals surface area (Å²) in [5.74, 6) is 1.09. The first-order valence-corrected chi connectivity index (χ1v) is 12.8. The minimum atomic E-state index is 0.205. The highest BCUT2D eigenvalue weighted by Gasteiger charge is 2.37. The van der Waals surface area contributed by atoms with E-state index in [2.05, 4.69) is 40.9 Å². The van der Waals surface area contributed by atoms with Crippen LogP contribution >= 0.6 is 11.8 Å². The SMILES string of the molecule is CC1=CC=C(C2CN3N=C([C@@H]4CCCC(C(=O)N5CCN(C)CC5)CC4)SC3=N2)CC1. The van der Waals surface area contributed by atoms with Gasteiger partial charge in [0.15, 0.2) is 5.17 Å². The van der Waals surface area contributed by atoms with E-state index in [1.54, 1.807) is 11.8 Å². The molecule has 0 aromatic carbocycles. The molecule has 2 fully saturated rings. The molecule has 0 spiro atoms. The van der Waals surface area contributed by atoms with Crippen LogP contribution < -0.4 is 0 Å². The topological polar surface area (TPSA) is 51.5 Å². The molecule has 5 aliphatic rings. The number of hydrogen-bond acceptors (Lipinski definition) is 6. The Kier molecular flexibility index (Phi) is 6.24. The van der Waals surface area contributed by atoms with Crippen molar-refractivity contribution < 1.29 is 4.79 Å². The first kappa shape index (κ1) is 21.3. The highest BCUT2D eigenvalue weighted by atomic mass is 32.2. The van der Waals surface area contributed by atoms with E-state index in [9.17, 15) is 4.79 Å². The van der Waals surface area contributed by atoms with Gasteiger partial charge in [0.25, 0.3) is 0 Å². The Morgan fingerprint density at radius 2 is 1.90 bits per heavy atom. The van der Waals surface area contributed by atoms with Gasteiger partial charge >= 0.3 is 0 Å². The molecule has 5 rings (SSSR count). The van der Waals surface area contributed by atoms with Crippen LogP contribution in [0.5, 0.6) is 0 Å². The second-order valence-electron chi connectivity index (χ2n) is 9.84. The van der Waals surface area contributed by atoms with Crippen LogP contribution in [0.25, 0.3) is 0 Å². The number of piperazine rings is 1. The Balaban J connectivity index is 1.16. The number of aliphatic imine (C=N–C) groups is 1. The van der Waals surface area contributed by atoms with E-state index in [1.165, 1.54) is 16.2 Å². The van der Waals surface area contributed by atoms with Crippen LogP contribution in [0.3, 0.4) is 0 Å². The van der Waals surface area contributed by atoms with E-state index < -0.39 is 0 Å². The largest absolute Gasteiger partial charge is 0.340 e. The van der Waals surface area contributed by atoms with E-state index in [1.807, 2.05) is 0 Å². The van der Waals surface area contributed by atoms with Gasteiger partial charge in [0, 0.05) is 38.0 Å². The molecule has 7 heteroatoms. The predicted octanol–water partition coefficient (Wildman–Crippen LogP) is 3.72. The van der Waals surface area contributed by atoms with Crippen LogP contribution in [0.2, 0.25) is 0 Å².